The van der Waals surface area contributed by atoms with Crippen molar-refractivity contribution in [2.75, 3.05) is 6.61 Å². The Labute approximate surface area is 153 Å². The lowest BCUT2D eigenvalue weighted by Gasteiger charge is -2.31. The first-order chi connectivity index (χ1) is 12.2. The highest BCUT2D eigenvalue weighted by atomic mass is 19.1. The molecule has 0 N–H and O–H groups in total. The minimum atomic E-state index is -0.724. The van der Waals surface area contributed by atoms with Crippen molar-refractivity contribution in [3.8, 4) is 6.07 Å². The fraction of sp³-hybridized carbons (Fsp3) is 0.773. The van der Waals surface area contributed by atoms with Crippen molar-refractivity contribution in [1.29, 1.82) is 5.26 Å². The number of allylic oxidation sites excluding steroid dienone is 4. The molecule has 0 amide bonds. The molecule has 2 fully saturated rings. The first kappa shape index (κ1) is 20.2. The topological polar surface area (TPSA) is 33.0 Å². The van der Waals surface area contributed by atoms with E-state index < -0.39 is 5.83 Å². The van der Waals surface area contributed by atoms with E-state index in [2.05, 4.69) is 6.92 Å². The second kappa shape index (κ2) is 11.5. The second-order valence-corrected chi connectivity index (χ2v) is 7.91. The summed E-state index contributed by atoms with van der Waals surface area (Å²) < 4.78 is 18.9. The van der Waals surface area contributed by atoms with Gasteiger partial charge in [0.05, 0.1) is 6.10 Å². The third kappa shape index (κ3) is 7.74. The normalized spacial score (nSPS) is 31.2. The Kier molecular flexibility index (Phi) is 9.26. The largest absolute Gasteiger partial charge is 0.378 e. The van der Waals surface area contributed by atoms with E-state index in [9.17, 15) is 4.39 Å². The van der Waals surface area contributed by atoms with Crippen LogP contribution in [0.15, 0.2) is 24.1 Å². The van der Waals surface area contributed by atoms with Crippen LogP contribution >= 0.6 is 0 Å². The number of hydrogen-bond donors (Lipinski definition) is 0. The third-order valence-electron chi connectivity index (χ3n) is 5.95. The average molecular weight is 348 g/mol. The highest BCUT2D eigenvalue weighted by molar-refractivity contribution is 5.19. The summed E-state index contributed by atoms with van der Waals surface area (Å²) in [4.78, 5) is 0. The van der Waals surface area contributed by atoms with Crippen LogP contribution in [-0.4, -0.2) is 12.7 Å². The zero-order valence-electron chi connectivity index (χ0n) is 15.8. The molecule has 0 aromatic rings. The van der Waals surface area contributed by atoms with E-state index in [0.717, 1.165) is 44.1 Å². The van der Waals surface area contributed by atoms with Gasteiger partial charge in [-0.15, -0.1) is 0 Å². The van der Waals surface area contributed by atoms with Crippen LogP contribution in [0.5, 0.6) is 0 Å². The summed E-state index contributed by atoms with van der Waals surface area (Å²) in [6.45, 7) is 3.23. The highest BCUT2D eigenvalue weighted by Crippen LogP contribution is 2.33. The first-order valence-corrected chi connectivity index (χ1v) is 10.3. The van der Waals surface area contributed by atoms with Crippen molar-refractivity contribution >= 4 is 0 Å². The number of nitriles is 1. The minimum Gasteiger partial charge on any atom is -0.378 e. The van der Waals surface area contributed by atoms with Gasteiger partial charge in [-0.3, -0.25) is 0 Å². The van der Waals surface area contributed by atoms with Crippen LogP contribution in [0, 0.1) is 29.1 Å². The van der Waals surface area contributed by atoms with Crippen molar-refractivity contribution in [3.05, 3.63) is 24.1 Å². The van der Waals surface area contributed by atoms with Gasteiger partial charge in [0, 0.05) is 6.61 Å². The van der Waals surface area contributed by atoms with Crippen LogP contribution in [0.25, 0.3) is 0 Å². The lowest BCUT2D eigenvalue weighted by Crippen LogP contribution is -2.25. The SMILES string of the molecule is CCCC[C@H]1CC[C@H](COC2CCC(C=CC=C(F)C#N)CC2)CC1. The van der Waals surface area contributed by atoms with Crippen molar-refractivity contribution < 1.29 is 9.13 Å². The zero-order chi connectivity index (χ0) is 17.9. The number of hydrogen-bond acceptors (Lipinski definition) is 2. The number of ether oxygens (including phenoxy) is 1. The quantitative estimate of drug-likeness (QED) is 0.371. The molecule has 2 saturated carbocycles. The summed E-state index contributed by atoms with van der Waals surface area (Å²) in [6, 6.07) is 1.49. The molecule has 0 spiro atoms. The molecule has 0 bridgehead atoms. The van der Waals surface area contributed by atoms with Gasteiger partial charge in [0.1, 0.15) is 6.07 Å². The van der Waals surface area contributed by atoms with Crippen LogP contribution in [0.3, 0.4) is 0 Å². The maximum atomic E-state index is 12.7. The Balaban J connectivity index is 1.58. The fourth-order valence-corrected chi connectivity index (χ4v) is 4.23. The van der Waals surface area contributed by atoms with Crippen LogP contribution in [0.1, 0.15) is 77.6 Å². The van der Waals surface area contributed by atoms with E-state index in [-0.39, 0.29) is 0 Å². The Morgan fingerprint density at radius 1 is 1.08 bits per heavy atom. The van der Waals surface area contributed by atoms with Crippen molar-refractivity contribution in [2.24, 2.45) is 17.8 Å². The van der Waals surface area contributed by atoms with Gasteiger partial charge < -0.3 is 4.74 Å². The number of unbranched alkanes of at least 4 members (excludes halogenated alkanes) is 1. The van der Waals surface area contributed by atoms with Gasteiger partial charge in [0.15, 0.2) is 5.83 Å². The van der Waals surface area contributed by atoms with Gasteiger partial charge in [0.25, 0.3) is 0 Å². The molecule has 0 aromatic carbocycles. The smallest absolute Gasteiger partial charge is 0.199 e. The Hall–Kier alpha value is -1.14. The average Bonchev–Trinajstić information content (AvgIpc) is 2.66. The number of halogens is 1. The molecule has 140 valence electrons. The molecule has 0 saturated heterocycles. The molecular weight excluding hydrogens is 313 g/mol. The third-order valence-corrected chi connectivity index (χ3v) is 5.95. The van der Waals surface area contributed by atoms with Crippen LogP contribution < -0.4 is 0 Å². The molecule has 2 aliphatic rings. The minimum absolute atomic E-state index is 0.411. The summed E-state index contributed by atoms with van der Waals surface area (Å²) in [6.07, 6.45) is 19.4. The number of rotatable bonds is 8. The standard InChI is InChI=1S/C22H34FNO/c1-2-3-5-18-8-10-20(11-9-18)17-25-22-14-12-19(13-15-22)6-4-7-21(23)16-24/h4,6-7,18-20,22H,2-3,5,8-15,17H2,1H3/t18-,19?,20-,22?. The summed E-state index contributed by atoms with van der Waals surface area (Å²) >= 11 is 0. The summed E-state index contributed by atoms with van der Waals surface area (Å²) in [5.41, 5.74) is 0. The Bertz CT molecular complexity index is 463. The van der Waals surface area contributed by atoms with E-state index in [4.69, 9.17) is 10.00 Å². The van der Waals surface area contributed by atoms with Crippen molar-refractivity contribution in [1.82, 2.24) is 0 Å². The van der Waals surface area contributed by atoms with Gasteiger partial charge in [0.2, 0.25) is 0 Å². The molecule has 0 aliphatic heterocycles. The lowest BCUT2D eigenvalue weighted by molar-refractivity contribution is -0.00662. The van der Waals surface area contributed by atoms with Gasteiger partial charge in [-0.1, -0.05) is 51.2 Å². The van der Waals surface area contributed by atoms with Crippen molar-refractivity contribution in [3.63, 3.8) is 0 Å². The molecular formula is C22H34FNO. The maximum absolute atomic E-state index is 12.7. The summed E-state index contributed by atoms with van der Waals surface area (Å²) in [5, 5.41) is 8.38. The molecule has 0 heterocycles. The van der Waals surface area contributed by atoms with E-state index in [0.29, 0.717) is 12.0 Å². The second-order valence-electron chi connectivity index (χ2n) is 7.91. The highest BCUT2D eigenvalue weighted by Gasteiger charge is 2.24. The molecule has 25 heavy (non-hydrogen) atoms. The van der Waals surface area contributed by atoms with Crippen LogP contribution in [0.4, 0.5) is 4.39 Å². The fourth-order valence-electron chi connectivity index (χ4n) is 4.23. The zero-order valence-corrected chi connectivity index (χ0v) is 15.8. The van der Waals surface area contributed by atoms with Gasteiger partial charge in [-0.2, -0.15) is 9.65 Å². The van der Waals surface area contributed by atoms with Crippen molar-refractivity contribution in [2.45, 2.75) is 83.7 Å². The molecule has 0 aromatic heterocycles. The van der Waals surface area contributed by atoms with E-state index in [1.54, 1.807) is 6.08 Å². The molecule has 2 rings (SSSR count). The first-order valence-electron chi connectivity index (χ1n) is 10.3. The molecule has 3 heteroatoms. The molecule has 2 nitrogen and oxygen atoms in total. The predicted octanol–water partition coefficient (Wildman–Crippen LogP) is 6.49. The van der Waals surface area contributed by atoms with E-state index in [1.807, 2.05) is 6.08 Å². The Morgan fingerprint density at radius 2 is 1.76 bits per heavy atom. The maximum Gasteiger partial charge on any atom is 0.199 e. The number of nitrogens with zero attached hydrogens (tertiary/aromatic N) is 1. The lowest BCUT2D eigenvalue weighted by atomic mass is 9.80. The van der Waals surface area contributed by atoms with Gasteiger partial charge >= 0.3 is 0 Å². The van der Waals surface area contributed by atoms with Crippen LogP contribution in [0.2, 0.25) is 0 Å². The summed E-state index contributed by atoms with van der Waals surface area (Å²) in [5.74, 6) is 1.52. The molecule has 0 unspecified atom stereocenters. The van der Waals surface area contributed by atoms with Gasteiger partial charge in [-0.05, 0) is 62.4 Å². The Morgan fingerprint density at radius 3 is 2.40 bits per heavy atom. The van der Waals surface area contributed by atoms with E-state index in [1.165, 1.54) is 57.1 Å². The predicted molar refractivity (Wildman–Crippen MR) is 101 cm³/mol. The van der Waals surface area contributed by atoms with Crippen LogP contribution in [-0.2, 0) is 4.74 Å². The van der Waals surface area contributed by atoms with E-state index >= 15 is 0 Å². The monoisotopic (exact) mass is 347 g/mol. The summed E-state index contributed by atoms with van der Waals surface area (Å²) in [7, 11) is 0. The molecule has 2 aliphatic carbocycles. The van der Waals surface area contributed by atoms with Gasteiger partial charge in [-0.25, -0.2) is 0 Å². The molecule has 0 radical (unpaired) electrons. The molecule has 0 atom stereocenters.